The van der Waals surface area contributed by atoms with Crippen molar-refractivity contribution in [2.24, 2.45) is 0 Å². The van der Waals surface area contributed by atoms with Crippen LogP contribution in [0.5, 0.6) is 0 Å². The molecular formula is C26H27NO2S. The summed E-state index contributed by atoms with van der Waals surface area (Å²) in [5.74, 6) is -0.138. The highest BCUT2D eigenvalue weighted by Gasteiger charge is 2.21. The summed E-state index contributed by atoms with van der Waals surface area (Å²) < 4.78 is 4.79. The number of hydrogen-bond donors (Lipinski definition) is 0. The third-order valence-electron chi connectivity index (χ3n) is 5.72. The molecule has 4 rings (SSSR count). The highest BCUT2D eigenvalue weighted by molar-refractivity contribution is 7.19. The molecule has 3 nitrogen and oxygen atoms in total. The first-order valence-electron chi connectivity index (χ1n) is 10.5. The number of methoxy groups -OCH3 is 1. The molecule has 0 radical (unpaired) electrons. The minimum Gasteiger partial charge on any atom is -0.469 e. The van der Waals surface area contributed by atoms with Crippen molar-refractivity contribution in [3.63, 3.8) is 0 Å². The normalized spacial score (nSPS) is 12.8. The molecule has 0 spiro atoms. The van der Waals surface area contributed by atoms with Gasteiger partial charge in [0, 0.05) is 22.4 Å². The van der Waals surface area contributed by atoms with Crippen LogP contribution in [0.15, 0.2) is 42.5 Å². The Kier molecular flexibility index (Phi) is 6.14. The number of carbonyl (C=O) groups excluding carboxylic acids is 1. The number of thiophene rings is 1. The van der Waals surface area contributed by atoms with Crippen molar-refractivity contribution in [3.8, 4) is 11.1 Å². The van der Waals surface area contributed by atoms with Crippen LogP contribution < -0.4 is 0 Å². The molecule has 0 saturated carbocycles. The second-order valence-electron chi connectivity index (χ2n) is 7.82. The number of allylic oxidation sites excluding steroid dienone is 3. The lowest BCUT2D eigenvalue weighted by molar-refractivity contribution is -0.140. The predicted molar refractivity (Wildman–Crippen MR) is 126 cm³/mol. The minimum absolute atomic E-state index is 0.138. The van der Waals surface area contributed by atoms with E-state index in [-0.39, 0.29) is 5.97 Å². The number of hydrogen-bond acceptors (Lipinski definition) is 4. The Morgan fingerprint density at radius 1 is 1.13 bits per heavy atom. The largest absolute Gasteiger partial charge is 0.469 e. The van der Waals surface area contributed by atoms with Crippen molar-refractivity contribution < 1.29 is 9.53 Å². The molecule has 0 N–H and O–H groups in total. The summed E-state index contributed by atoms with van der Waals surface area (Å²) in [5.41, 5.74) is 7.59. The Morgan fingerprint density at radius 3 is 2.70 bits per heavy atom. The average Bonchev–Trinajstić information content (AvgIpc) is 2.92. The molecule has 1 aromatic carbocycles. The summed E-state index contributed by atoms with van der Waals surface area (Å²) in [7, 11) is 1.45. The number of aromatic nitrogens is 1. The fourth-order valence-electron chi connectivity index (χ4n) is 4.12. The molecule has 1 aliphatic rings. The van der Waals surface area contributed by atoms with Gasteiger partial charge in [0.15, 0.2) is 0 Å². The third-order valence-corrected chi connectivity index (χ3v) is 6.81. The van der Waals surface area contributed by atoms with Gasteiger partial charge >= 0.3 is 5.97 Å². The van der Waals surface area contributed by atoms with Gasteiger partial charge < -0.3 is 4.74 Å². The molecule has 4 heteroatoms. The van der Waals surface area contributed by atoms with Gasteiger partial charge in [0.2, 0.25) is 0 Å². The predicted octanol–water partition coefficient (Wildman–Crippen LogP) is 6.59. The van der Waals surface area contributed by atoms with E-state index in [1.807, 2.05) is 0 Å². The van der Waals surface area contributed by atoms with Gasteiger partial charge in [0.1, 0.15) is 4.83 Å². The Balaban J connectivity index is 1.84. The van der Waals surface area contributed by atoms with Gasteiger partial charge in [-0.15, -0.1) is 11.3 Å². The molecule has 0 aliphatic heterocycles. The molecule has 1 aliphatic carbocycles. The fourth-order valence-corrected chi connectivity index (χ4v) is 5.29. The van der Waals surface area contributed by atoms with E-state index in [1.165, 1.54) is 45.2 Å². The van der Waals surface area contributed by atoms with E-state index in [9.17, 15) is 4.79 Å². The van der Waals surface area contributed by atoms with Crippen molar-refractivity contribution in [1.29, 1.82) is 0 Å². The van der Waals surface area contributed by atoms with Crippen LogP contribution in [0.4, 0.5) is 0 Å². The number of rotatable bonds is 6. The van der Waals surface area contributed by atoms with Crippen LogP contribution >= 0.6 is 11.3 Å². The second-order valence-corrected chi connectivity index (χ2v) is 8.85. The number of ether oxygens (including phenoxy) is 1. The number of pyridine rings is 1. The van der Waals surface area contributed by atoms with E-state index in [0.717, 1.165) is 36.2 Å². The van der Waals surface area contributed by atoms with E-state index < -0.39 is 0 Å². The Labute approximate surface area is 182 Å². The highest BCUT2D eigenvalue weighted by atomic mass is 32.1. The van der Waals surface area contributed by atoms with Crippen LogP contribution in [0.25, 0.3) is 27.4 Å². The average molecular weight is 418 g/mol. The third kappa shape index (κ3) is 4.10. The van der Waals surface area contributed by atoms with Crippen LogP contribution in [0, 0.1) is 13.8 Å². The Bertz CT molecular complexity index is 1140. The smallest absolute Gasteiger partial charge is 0.305 e. The van der Waals surface area contributed by atoms with Crippen LogP contribution in [0.1, 0.15) is 46.5 Å². The summed E-state index contributed by atoms with van der Waals surface area (Å²) in [4.78, 5) is 18.9. The maximum Gasteiger partial charge on any atom is 0.305 e. The first-order valence-corrected chi connectivity index (χ1v) is 11.3. The van der Waals surface area contributed by atoms with E-state index in [2.05, 4.69) is 62.4 Å². The molecule has 0 bridgehead atoms. The lowest BCUT2D eigenvalue weighted by Gasteiger charge is -2.16. The zero-order valence-corrected chi connectivity index (χ0v) is 18.6. The van der Waals surface area contributed by atoms with Crippen molar-refractivity contribution >= 4 is 33.6 Å². The summed E-state index contributed by atoms with van der Waals surface area (Å²) in [6, 6.07) is 8.83. The molecule has 2 aromatic heterocycles. The van der Waals surface area contributed by atoms with Crippen molar-refractivity contribution in [1.82, 2.24) is 4.98 Å². The number of fused-ring (bicyclic) bond motifs is 3. The Morgan fingerprint density at radius 2 is 1.93 bits per heavy atom. The highest BCUT2D eigenvalue weighted by Crippen LogP contribution is 2.42. The molecule has 0 atom stereocenters. The van der Waals surface area contributed by atoms with Gasteiger partial charge in [0.25, 0.3) is 0 Å². The minimum atomic E-state index is -0.138. The van der Waals surface area contributed by atoms with Gasteiger partial charge in [-0.05, 0) is 67.9 Å². The number of benzene rings is 1. The lowest BCUT2D eigenvalue weighted by atomic mass is 9.90. The molecule has 0 unspecified atom stereocenters. The molecule has 0 saturated heterocycles. The van der Waals surface area contributed by atoms with Crippen LogP contribution in [-0.4, -0.2) is 18.1 Å². The molecule has 0 amide bonds. The van der Waals surface area contributed by atoms with Crippen molar-refractivity contribution in [2.45, 2.75) is 46.0 Å². The topological polar surface area (TPSA) is 39.2 Å². The SMILES string of the molecule is COC(=O)CCCCc1c(C)nc2sc3c(c2c1-c1ccc(C)cc1)CC=CC=C3. The molecule has 154 valence electrons. The molecule has 0 fully saturated rings. The van der Waals surface area contributed by atoms with Gasteiger partial charge in [-0.3, -0.25) is 4.79 Å². The number of aryl methyl sites for hydroxylation is 2. The molecule has 3 aromatic rings. The van der Waals surface area contributed by atoms with Crippen LogP contribution in [0.2, 0.25) is 0 Å². The summed E-state index contributed by atoms with van der Waals surface area (Å²) in [6.45, 7) is 4.24. The lowest BCUT2D eigenvalue weighted by Crippen LogP contribution is -2.02. The van der Waals surface area contributed by atoms with E-state index >= 15 is 0 Å². The molecule has 2 heterocycles. The van der Waals surface area contributed by atoms with Crippen LogP contribution in [0.3, 0.4) is 0 Å². The zero-order chi connectivity index (χ0) is 21.1. The summed E-state index contributed by atoms with van der Waals surface area (Å²) >= 11 is 1.78. The van der Waals surface area contributed by atoms with Gasteiger partial charge in [-0.25, -0.2) is 4.98 Å². The first kappa shape index (κ1) is 20.5. The number of nitrogens with zero attached hydrogens (tertiary/aromatic N) is 1. The number of unbranched alkanes of at least 4 members (excludes halogenated alkanes) is 1. The number of esters is 1. The van der Waals surface area contributed by atoms with Gasteiger partial charge in [0.05, 0.1) is 7.11 Å². The van der Waals surface area contributed by atoms with E-state index in [4.69, 9.17) is 9.72 Å². The molecular weight excluding hydrogens is 390 g/mol. The molecule has 30 heavy (non-hydrogen) atoms. The van der Waals surface area contributed by atoms with E-state index in [1.54, 1.807) is 11.3 Å². The first-order chi connectivity index (χ1) is 14.6. The van der Waals surface area contributed by atoms with Gasteiger partial charge in [-0.1, -0.05) is 48.1 Å². The maximum absolute atomic E-state index is 11.5. The van der Waals surface area contributed by atoms with Gasteiger partial charge in [-0.2, -0.15) is 0 Å². The standard InChI is InChI=1S/C26H27NO2S/c1-17-13-15-19(16-14-17)24-20(9-7-8-12-23(28)29-3)18(2)27-26-25(24)21-10-5-4-6-11-22(21)30-26/h4-6,11,13-16H,7-10,12H2,1-3H3. The maximum atomic E-state index is 11.5. The summed E-state index contributed by atoms with van der Waals surface area (Å²) in [6.07, 6.45) is 12.7. The fraction of sp³-hybridized carbons (Fsp3) is 0.308. The summed E-state index contributed by atoms with van der Waals surface area (Å²) in [5, 5.41) is 1.30. The number of carbonyl (C=O) groups is 1. The van der Waals surface area contributed by atoms with E-state index in [0.29, 0.717) is 6.42 Å². The van der Waals surface area contributed by atoms with Crippen LogP contribution in [-0.2, 0) is 22.4 Å². The quantitative estimate of drug-likeness (QED) is 0.335. The van der Waals surface area contributed by atoms with Crippen molar-refractivity contribution in [3.05, 3.63) is 69.8 Å². The zero-order valence-electron chi connectivity index (χ0n) is 17.8. The monoisotopic (exact) mass is 417 g/mol. The Hall–Kier alpha value is -2.72. The second kappa shape index (κ2) is 8.97. The van der Waals surface area contributed by atoms with Crippen molar-refractivity contribution in [2.75, 3.05) is 7.11 Å².